The first-order valence-electron chi connectivity index (χ1n) is 5.23. The number of rotatable bonds is 2. The summed E-state index contributed by atoms with van der Waals surface area (Å²) in [5.41, 5.74) is -0.497. The van der Waals surface area contributed by atoms with E-state index in [1.54, 1.807) is 0 Å². The van der Waals surface area contributed by atoms with E-state index in [1.165, 1.54) is 0 Å². The summed E-state index contributed by atoms with van der Waals surface area (Å²) < 4.78 is 7.51. The van der Waals surface area contributed by atoms with E-state index in [0.717, 1.165) is 0 Å². The topological polar surface area (TPSA) is 67.4 Å². The van der Waals surface area contributed by atoms with Gasteiger partial charge in [0.1, 0.15) is 11.6 Å². The average Bonchev–Trinajstić information content (AvgIpc) is 2.62. The lowest BCUT2D eigenvalue weighted by Crippen LogP contribution is -2.37. The maximum atomic E-state index is 11.7. The molecule has 0 spiro atoms. The Bertz CT molecular complexity index is 288. The number of nitrogens with one attached hydrogen (secondary N) is 2. The fourth-order valence-corrected chi connectivity index (χ4v) is 1.76. The van der Waals surface area contributed by atoms with Crippen LogP contribution >= 0.6 is 12.8 Å². The summed E-state index contributed by atoms with van der Waals surface area (Å²) in [7, 11) is 0. The monoisotopic (exact) mass is 246 g/mol. The zero-order valence-electron chi connectivity index (χ0n) is 9.74. The van der Waals surface area contributed by atoms with Crippen LogP contribution in [-0.2, 0) is 14.3 Å². The first kappa shape index (κ1) is 13.3. The number of carbonyl (C=O) groups excluding carboxylic acids is 2. The second-order valence-corrected chi connectivity index (χ2v) is 5.13. The molecule has 1 saturated heterocycles. The van der Waals surface area contributed by atoms with E-state index < -0.39 is 11.6 Å². The minimum absolute atomic E-state index is 0.165. The van der Waals surface area contributed by atoms with Crippen LogP contribution in [0.15, 0.2) is 0 Å². The number of thiol groups is 1. The molecule has 0 aromatic rings. The van der Waals surface area contributed by atoms with Crippen LogP contribution in [0.3, 0.4) is 0 Å². The lowest BCUT2D eigenvalue weighted by molar-refractivity contribution is -0.157. The summed E-state index contributed by atoms with van der Waals surface area (Å²) >= 11 is 3.70. The first-order chi connectivity index (χ1) is 7.33. The van der Waals surface area contributed by atoms with Gasteiger partial charge in [-0.1, -0.05) is 12.8 Å². The van der Waals surface area contributed by atoms with Crippen LogP contribution in [0.5, 0.6) is 0 Å². The fourth-order valence-electron chi connectivity index (χ4n) is 1.58. The minimum atomic E-state index is -0.497. The average molecular weight is 246 g/mol. The van der Waals surface area contributed by atoms with Crippen molar-refractivity contribution in [3.63, 3.8) is 0 Å². The Balaban J connectivity index is 2.47. The molecule has 6 heteroatoms. The molecule has 2 unspecified atom stereocenters. The molecule has 1 fully saturated rings. The number of hydrogen-bond acceptors (Lipinski definition) is 5. The van der Waals surface area contributed by atoms with E-state index in [-0.39, 0.29) is 17.8 Å². The van der Waals surface area contributed by atoms with Gasteiger partial charge in [0, 0.05) is 6.54 Å². The lowest BCUT2D eigenvalue weighted by Gasteiger charge is -2.22. The van der Waals surface area contributed by atoms with Gasteiger partial charge in [-0.25, -0.2) is 0 Å². The van der Waals surface area contributed by atoms with E-state index >= 15 is 0 Å². The van der Waals surface area contributed by atoms with Crippen molar-refractivity contribution >= 4 is 24.7 Å². The molecule has 0 saturated carbocycles. The number of esters is 1. The molecule has 1 aliphatic heterocycles. The van der Waals surface area contributed by atoms with Crippen molar-refractivity contribution in [2.45, 2.75) is 38.8 Å². The molecule has 16 heavy (non-hydrogen) atoms. The molecule has 1 amide bonds. The van der Waals surface area contributed by atoms with Gasteiger partial charge in [0.15, 0.2) is 0 Å². The molecule has 2 N–H and O–H groups in total. The number of carbonyl (C=O) groups is 2. The molecule has 0 radical (unpaired) electrons. The van der Waals surface area contributed by atoms with Crippen LogP contribution in [0.1, 0.15) is 27.2 Å². The second-order valence-electron chi connectivity index (χ2n) is 4.90. The van der Waals surface area contributed by atoms with Gasteiger partial charge in [-0.05, 0) is 27.2 Å². The molecule has 0 aliphatic carbocycles. The SMILES string of the molecule is CC(C)(C)OC(=O)C1CC(C(=O)NS)CN1. The molecule has 0 bridgehead atoms. The molecule has 1 rings (SSSR count). The van der Waals surface area contributed by atoms with Crippen molar-refractivity contribution in [3.05, 3.63) is 0 Å². The van der Waals surface area contributed by atoms with Crippen LogP contribution < -0.4 is 10.0 Å². The quantitative estimate of drug-likeness (QED) is 0.483. The zero-order valence-corrected chi connectivity index (χ0v) is 10.6. The Labute approximate surface area is 101 Å². The van der Waals surface area contributed by atoms with Gasteiger partial charge in [0.05, 0.1) is 5.92 Å². The molecule has 92 valence electrons. The molecule has 0 aromatic heterocycles. The second kappa shape index (κ2) is 5.05. The highest BCUT2D eigenvalue weighted by Gasteiger charge is 2.35. The van der Waals surface area contributed by atoms with E-state index in [0.29, 0.717) is 13.0 Å². The van der Waals surface area contributed by atoms with Gasteiger partial charge in [-0.3, -0.25) is 9.59 Å². The maximum absolute atomic E-state index is 11.7. The Morgan fingerprint density at radius 1 is 1.44 bits per heavy atom. The highest BCUT2D eigenvalue weighted by Crippen LogP contribution is 2.18. The highest BCUT2D eigenvalue weighted by molar-refractivity contribution is 7.78. The number of ether oxygens (including phenoxy) is 1. The summed E-state index contributed by atoms with van der Waals surface area (Å²) in [6.45, 7) is 5.93. The Kier molecular flexibility index (Phi) is 4.21. The molecule has 1 heterocycles. The van der Waals surface area contributed by atoms with Crippen LogP contribution in [-0.4, -0.2) is 30.1 Å². The predicted octanol–water partition coefficient (Wildman–Crippen LogP) is 0.267. The van der Waals surface area contributed by atoms with Gasteiger partial charge in [0.25, 0.3) is 0 Å². The van der Waals surface area contributed by atoms with Gasteiger partial charge >= 0.3 is 5.97 Å². The van der Waals surface area contributed by atoms with Crippen molar-refractivity contribution < 1.29 is 14.3 Å². The molecule has 0 aromatic carbocycles. The van der Waals surface area contributed by atoms with Gasteiger partial charge in [-0.2, -0.15) is 0 Å². The van der Waals surface area contributed by atoms with E-state index in [2.05, 4.69) is 22.9 Å². The number of amides is 1. The fraction of sp³-hybridized carbons (Fsp3) is 0.800. The third kappa shape index (κ3) is 3.68. The Morgan fingerprint density at radius 3 is 2.56 bits per heavy atom. The smallest absolute Gasteiger partial charge is 0.323 e. The van der Waals surface area contributed by atoms with Crippen LogP contribution in [0.4, 0.5) is 0 Å². The van der Waals surface area contributed by atoms with Crippen molar-refractivity contribution in [2.75, 3.05) is 6.54 Å². The van der Waals surface area contributed by atoms with Crippen LogP contribution in [0.25, 0.3) is 0 Å². The normalized spacial score (nSPS) is 25.2. The van der Waals surface area contributed by atoms with Crippen molar-refractivity contribution in [3.8, 4) is 0 Å². The summed E-state index contributed by atoms with van der Waals surface area (Å²) in [5, 5.41) is 2.97. The van der Waals surface area contributed by atoms with Gasteiger partial charge in [0.2, 0.25) is 5.91 Å². The summed E-state index contributed by atoms with van der Waals surface area (Å²) in [6.07, 6.45) is 0.460. The Morgan fingerprint density at radius 2 is 2.06 bits per heavy atom. The van der Waals surface area contributed by atoms with Crippen molar-refractivity contribution in [2.24, 2.45) is 5.92 Å². The summed E-state index contributed by atoms with van der Waals surface area (Å²) in [5.74, 6) is -0.682. The van der Waals surface area contributed by atoms with Crippen molar-refractivity contribution in [1.82, 2.24) is 10.0 Å². The molecular formula is C10H18N2O3S. The lowest BCUT2D eigenvalue weighted by atomic mass is 10.1. The number of hydrogen-bond donors (Lipinski definition) is 3. The molecular weight excluding hydrogens is 228 g/mol. The third-order valence-corrected chi connectivity index (χ3v) is 2.52. The zero-order chi connectivity index (χ0) is 12.3. The van der Waals surface area contributed by atoms with Crippen LogP contribution in [0.2, 0.25) is 0 Å². The van der Waals surface area contributed by atoms with E-state index in [9.17, 15) is 9.59 Å². The molecule has 5 nitrogen and oxygen atoms in total. The summed E-state index contributed by atoms with van der Waals surface area (Å²) in [4.78, 5) is 23.0. The van der Waals surface area contributed by atoms with E-state index in [4.69, 9.17) is 4.74 Å². The van der Waals surface area contributed by atoms with Gasteiger partial charge < -0.3 is 14.8 Å². The van der Waals surface area contributed by atoms with Crippen molar-refractivity contribution in [1.29, 1.82) is 0 Å². The van der Waals surface area contributed by atoms with E-state index in [1.807, 2.05) is 20.8 Å². The maximum Gasteiger partial charge on any atom is 0.323 e. The molecule has 1 aliphatic rings. The van der Waals surface area contributed by atoms with Crippen LogP contribution in [0, 0.1) is 5.92 Å². The minimum Gasteiger partial charge on any atom is -0.459 e. The first-order valence-corrected chi connectivity index (χ1v) is 5.68. The summed E-state index contributed by atoms with van der Waals surface area (Å²) in [6, 6.07) is -0.394. The Hall–Kier alpha value is -0.750. The predicted molar refractivity (Wildman–Crippen MR) is 62.9 cm³/mol. The highest BCUT2D eigenvalue weighted by atomic mass is 32.1. The standard InChI is InChI=1S/C10H18N2O3S/c1-10(2,3)15-9(14)7-4-6(5-11-7)8(13)12-16/h6-7,11,16H,4-5H2,1-3H3,(H,12,13). The third-order valence-electron chi connectivity index (χ3n) is 2.30. The largest absolute Gasteiger partial charge is 0.459 e. The van der Waals surface area contributed by atoms with Gasteiger partial charge in [-0.15, -0.1) is 0 Å². The molecule has 2 atom stereocenters.